The van der Waals surface area contributed by atoms with Crippen molar-refractivity contribution in [2.45, 2.75) is 12.6 Å². The van der Waals surface area contributed by atoms with Crippen LogP contribution in [0.4, 0.5) is 0 Å². The Morgan fingerprint density at radius 1 is 0.846 bits per heavy atom. The van der Waals surface area contributed by atoms with E-state index in [1.807, 2.05) is 72.8 Å². The summed E-state index contributed by atoms with van der Waals surface area (Å²) in [4.78, 5) is 29.3. The Balaban J connectivity index is 1.36. The molecule has 7 rings (SSSR count). The number of hydrogen-bond acceptors (Lipinski definition) is 6. The molecule has 3 heterocycles. The van der Waals surface area contributed by atoms with Crippen LogP contribution in [0, 0.1) is 0 Å². The number of amides is 1. The standard InChI is InChI=1S/C31H20ClNO6/c32-20-10-12-24-23(15-20)29(34)27-28(19-5-4-8-22(14-19)38-21-6-2-1-3-7-21)33(31(35)30(27)39-24)16-18-9-11-25-26(13-18)37-17-36-25/h1-15,28H,16-17H2. The van der Waals surface area contributed by atoms with Crippen molar-refractivity contribution in [3.8, 4) is 23.0 Å². The van der Waals surface area contributed by atoms with Crippen LogP contribution in [0.1, 0.15) is 33.3 Å². The van der Waals surface area contributed by atoms with E-state index in [1.165, 1.54) is 0 Å². The van der Waals surface area contributed by atoms with E-state index in [2.05, 4.69) is 0 Å². The molecule has 0 saturated carbocycles. The van der Waals surface area contributed by atoms with Crippen LogP contribution in [-0.2, 0) is 6.54 Å². The minimum absolute atomic E-state index is 0.0231. The number of hydrogen-bond donors (Lipinski definition) is 0. The first-order valence-electron chi connectivity index (χ1n) is 12.3. The molecule has 2 aliphatic heterocycles. The topological polar surface area (TPSA) is 78.2 Å². The number of para-hydroxylation sites is 1. The lowest BCUT2D eigenvalue weighted by Crippen LogP contribution is -2.29. The molecule has 8 heteroatoms. The Bertz CT molecular complexity index is 1820. The van der Waals surface area contributed by atoms with Crippen LogP contribution in [-0.4, -0.2) is 17.6 Å². The number of halogens is 1. The number of carbonyl (C=O) groups is 1. The van der Waals surface area contributed by atoms with Gasteiger partial charge < -0.3 is 23.5 Å². The number of nitrogens with zero attached hydrogens (tertiary/aromatic N) is 1. The number of rotatable bonds is 5. The first-order valence-corrected chi connectivity index (χ1v) is 12.7. The maximum Gasteiger partial charge on any atom is 0.291 e. The van der Waals surface area contributed by atoms with Gasteiger partial charge in [0.2, 0.25) is 12.6 Å². The summed E-state index contributed by atoms with van der Waals surface area (Å²) in [6.07, 6.45) is 0. The van der Waals surface area contributed by atoms with Crippen LogP contribution in [0.3, 0.4) is 0 Å². The summed E-state index contributed by atoms with van der Waals surface area (Å²) in [6.45, 7) is 0.363. The van der Waals surface area contributed by atoms with Crippen molar-refractivity contribution in [1.82, 2.24) is 4.90 Å². The number of ether oxygens (including phenoxy) is 3. The van der Waals surface area contributed by atoms with Gasteiger partial charge in [-0.15, -0.1) is 0 Å². The minimum Gasteiger partial charge on any atom is -0.457 e. The monoisotopic (exact) mass is 537 g/mol. The highest BCUT2D eigenvalue weighted by Crippen LogP contribution is 2.41. The number of benzene rings is 4. The van der Waals surface area contributed by atoms with Gasteiger partial charge in [-0.2, -0.15) is 0 Å². The average molecular weight is 538 g/mol. The molecule has 1 aromatic heterocycles. The zero-order valence-electron chi connectivity index (χ0n) is 20.4. The maximum absolute atomic E-state index is 13.9. The van der Waals surface area contributed by atoms with E-state index in [1.54, 1.807) is 23.1 Å². The second-order valence-corrected chi connectivity index (χ2v) is 9.76. The van der Waals surface area contributed by atoms with Crippen molar-refractivity contribution in [3.63, 3.8) is 0 Å². The van der Waals surface area contributed by atoms with Crippen LogP contribution < -0.4 is 19.6 Å². The van der Waals surface area contributed by atoms with Gasteiger partial charge >= 0.3 is 0 Å². The number of carbonyl (C=O) groups excluding carboxylic acids is 1. The Morgan fingerprint density at radius 3 is 2.54 bits per heavy atom. The third-order valence-electron chi connectivity index (χ3n) is 6.87. The lowest BCUT2D eigenvalue weighted by molar-refractivity contribution is 0.0714. The molecule has 2 aliphatic rings. The van der Waals surface area contributed by atoms with E-state index in [0.29, 0.717) is 44.6 Å². The fraction of sp³-hybridized carbons (Fsp3) is 0.0968. The Morgan fingerprint density at radius 2 is 1.67 bits per heavy atom. The van der Waals surface area contributed by atoms with E-state index < -0.39 is 6.04 Å². The number of fused-ring (bicyclic) bond motifs is 3. The molecule has 0 N–H and O–H groups in total. The van der Waals surface area contributed by atoms with Crippen molar-refractivity contribution < 1.29 is 23.4 Å². The Kier molecular flexibility index (Phi) is 5.52. The van der Waals surface area contributed by atoms with Gasteiger partial charge in [0.15, 0.2) is 16.9 Å². The normalized spacial score (nSPS) is 15.6. The van der Waals surface area contributed by atoms with Gasteiger partial charge in [0.25, 0.3) is 5.91 Å². The van der Waals surface area contributed by atoms with E-state index in [0.717, 1.165) is 5.56 Å². The van der Waals surface area contributed by atoms with Crippen LogP contribution >= 0.6 is 11.6 Å². The second-order valence-electron chi connectivity index (χ2n) is 9.33. The molecule has 39 heavy (non-hydrogen) atoms. The maximum atomic E-state index is 13.9. The molecule has 4 aromatic carbocycles. The molecule has 5 aromatic rings. The molecule has 1 atom stereocenters. The molecule has 1 amide bonds. The van der Waals surface area contributed by atoms with Crippen molar-refractivity contribution in [2.75, 3.05) is 6.79 Å². The highest BCUT2D eigenvalue weighted by molar-refractivity contribution is 6.31. The van der Waals surface area contributed by atoms with Gasteiger partial charge in [0.1, 0.15) is 17.1 Å². The lowest BCUT2D eigenvalue weighted by atomic mass is 9.98. The van der Waals surface area contributed by atoms with Gasteiger partial charge in [-0.3, -0.25) is 9.59 Å². The molecule has 0 fully saturated rings. The molecule has 0 radical (unpaired) electrons. The Labute approximate surface area is 227 Å². The zero-order chi connectivity index (χ0) is 26.5. The predicted octanol–water partition coefficient (Wildman–Crippen LogP) is 6.71. The van der Waals surface area contributed by atoms with Gasteiger partial charge in [-0.25, -0.2) is 0 Å². The van der Waals surface area contributed by atoms with Gasteiger partial charge in [0.05, 0.1) is 17.0 Å². The van der Waals surface area contributed by atoms with Crippen LogP contribution in [0.2, 0.25) is 5.02 Å². The summed E-state index contributed by atoms with van der Waals surface area (Å²) >= 11 is 6.21. The van der Waals surface area contributed by atoms with Crippen LogP contribution in [0.25, 0.3) is 11.0 Å². The summed E-state index contributed by atoms with van der Waals surface area (Å²) in [7, 11) is 0. The molecule has 7 nitrogen and oxygen atoms in total. The van der Waals surface area contributed by atoms with Crippen molar-refractivity contribution >= 4 is 28.5 Å². The first kappa shape index (κ1) is 23.4. The van der Waals surface area contributed by atoms with E-state index >= 15 is 0 Å². The largest absolute Gasteiger partial charge is 0.457 e. The van der Waals surface area contributed by atoms with Crippen molar-refractivity contribution in [1.29, 1.82) is 0 Å². The summed E-state index contributed by atoms with van der Waals surface area (Å²) < 4.78 is 23.1. The second kappa shape index (κ2) is 9.22. The van der Waals surface area contributed by atoms with E-state index in [-0.39, 0.29) is 36.0 Å². The fourth-order valence-corrected chi connectivity index (χ4v) is 5.28. The summed E-state index contributed by atoms with van der Waals surface area (Å²) in [5.74, 6) is 2.16. The van der Waals surface area contributed by atoms with Gasteiger partial charge in [-0.1, -0.05) is 48.0 Å². The molecule has 0 spiro atoms. The van der Waals surface area contributed by atoms with Gasteiger partial charge in [-0.05, 0) is 65.7 Å². The molecule has 1 unspecified atom stereocenters. The van der Waals surface area contributed by atoms with Crippen molar-refractivity contribution in [3.05, 3.63) is 129 Å². The minimum atomic E-state index is -0.711. The molecule has 0 saturated heterocycles. The van der Waals surface area contributed by atoms with Gasteiger partial charge in [0, 0.05) is 11.6 Å². The third kappa shape index (κ3) is 4.08. The van der Waals surface area contributed by atoms with Crippen molar-refractivity contribution in [2.24, 2.45) is 0 Å². The predicted molar refractivity (Wildman–Crippen MR) is 145 cm³/mol. The molecule has 0 bridgehead atoms. The SMILES string of the molecule is O=C1c2oc3ccc(Cl)cc3c(=O)c2C(c2cccc(Oc3ccccc3)c2)N1Cc1ccc2c(c1)OCO2. The molecule has 0 aliphatic carbocycles. The summed E-state index contributed by atoms with van der Waals surface area (Å²) in [6, 6.07) is 26.4. The molecule has 192 valence electrons. The summed E-state index contributed by atoms with van der Waals surface area (Å²) in [5.41, 5.74) is 1.82. The lowest BCUT2D eigenvalue weighted by Gasteiger charge is -2.25. The van der Waals surface area contributed by atoms with E-state index in [9.17, 15) is 9.59 Å². The third-order valence-corrected chi connectivity index (χ3v) is 7.11. The quantitative estimate of drug-likeness (QED) is 0.248. The smallest absolute Gasteiger partial charge is 0.291 e. The van der Waals surface area contributed by atoms with Crippen LogP contribution in [0.15, 0.2) is 100 Å². The average Bonchev–Trinajstić information content (AvgIpc) is 3.52. The first-order chi connectivity index (χ1) is 19.0. The van der Waals surface area contributed by atoms with Crippen LogP contribution in [0.5, 0.6) is 23.0 Å². The fourth-order valence-electron chi connectivity index (χ4n) is 5.11. The zero-order valence-corrected chi connectivity index (χ0v) is 21.2. The highest BCUT2D eigenvalue weighted by atomic mass is 35.5. The highest BCUT2D eigenvalue weighted by Gasteiger charge is 2.43. The van der Waals surface area contributed by atoms with E-state index in [4.69, 9.17) is 30.2 Å². The molecular weight excluding hydrogens is 518 g/mol. The summed E-state index contributed by atoms with van der Waals surface area (Å²) in [5, 5.41) is 0.728. The Hall–Kier alpha value is -4.75. The molecular formula is C31H20ClNO6.